The number of anilines is 1. The zero-order valence-electron chi connectivity index (χ0n) is 24.4. The number of benzene rings is 4. The highest BCUT2D eigenvalue weighted by atomic mass is 16.5. The summed E-state index contributed by atoms with van der Waals surface area (Å²) in [7, 11) is 4.53. The predicted octanol–water partition coefficient (Wildman–Crippen LogP) is 5.69. The molecule has 1 amide bonds. The highest BCUT2D eigenvalue weighted by Crippen LogP contribution is 2.62. The summed E-state index contributed by atoms with van der Waals surface area (Å²) in [5, 5.41) is 3.07. The molecule has 8 heteroatoms. The second kappa shape index (κ2) is 10.4. The molecule has 0 unspecified atom stereocenters. The molecule has 44 heavy (non-hydrogen) atoms. The molecule has 0 bridgehead atoms. The summed E-state index contributed by atoms with van der Waals surface area (Å²) in [6.45, 7) is 0. The van der Waals surface area contributed by atoms with E-state index in [1.807, 2.05) is 65.7 Å². The number of Topliss-reactive ketones (excluding diaryl/α,β-unsaturated/α-hetero) is 2. The van der Waals surface area contributed by atoms with E-state index in [2.05, 4.69) is 5.32 Å². The van der Waals surface area contributed by atoms with Crippen LogP contribution in [0, 0.1) is 5.92 Å². The first-order valence-corrected chi connectivity index (χ1v) is 14.3. The molecule has 220 valence electrons. The van der Waals surface area contributed by atoms with E-state index in [0.29, 0.717) is 39.6 Å². The van der Waals surface area contributed by atoms with Crippen LogP contribution >= 0.6 is 0 Å². The number of amides is 1. The fourth-order valence-electron chi connectivity index (χ4n) is 7.34. The predicted molar refractivity (Wildman–Crippen MR) is 165 cm³/mol. The molecule has 1 spiro atoms. The van der Waals surface area contributed by atoms with Crippen molar-refractivity contribution >= 4 is 29.2 Å². The molecule has 3 aliphatic rings. The first-order chi connectivity index (χ1) is 21.4. The van der Waals surface area contributed by atoms with Gasteiger partial charge in [-0.3, -0.25) is 14.4 Å². The Morgan fingerprint density at radius 2 is 1.48 bits per heavy atom. The maximum Gasteiger partial charge on any atom is 0.238 e. The fraction of sp³-hybridized carbons (Fsp3) is 0.194. The lowest BCUT2D eigenvalue weighted by atomic mass is 9.62. The molecule has 0 saturated carbocycles. The molecule has 7 rings (SSSR count). The Morgan fingerprint density at radius 3 is 2.27 bits per heavy atom. The number of para-hydroxylation sites is 2. The van der Waals surface area contributed by atoms with Gasteiger partial charge in [0.1, 0.15) is 17.2 Å². The summed E-state index contributed by atoms with van der Waals surface area (Å²) < 4.78 is 16.6. The largest absolute Gasteiger partial charge is 0.496 e. The minimum Gasteiger partial charge on any atom is -0.496 e. The van der Waals surface area contributed by atoms with Gasteiger partial charge in [0.15, 0.2) is 23.1 Å². The molecule has 4 aromatic rings. The molecule has 0 aliphatic carbocycles. The van der Waals surface area contributed by atoms with Gasteiger partial charge in [0.05, 0.1) is 38.9 Å². The van der Waals surface area contributed by atoms with Gasteiger partial charge >= 0.3 is 0 Å². The molecular formula is C36H30N2O6. The summed E-state index contributed by atoms with van der Waals surface area (Å²) in [4.78, 5) is 46.4. The van der Waals surface area contributed by atoms with Crippen LogP contribution in [0.25, 0.3) is 6.08 Å². The van der Waals surface area contributed by atoms with Crippen LogP contribution in [0.5, 0.6) is 17.2 Å². The maximum absolute atomic E-state index is 15.1. The third kappa shape index (κ3) is 3.73. The smallest absolute Gasteiger partial charge is 0.238 e. The van der Waals surface area contributed by atoms with Crippen molar-refractivity contribution in [3.05, 3.63) is 125 Å². The van der Waals surface area contributed by atoms with E-state index in [-0.39, 0.29) is 17.5 Å². The maximum atomic E-state index is 15.1. The average Bonchev–Trinajstić information content (AvgIpc) is 3.55. The molecule has 1 N–H and O–H groups in total. The number of nitrogens with one attached hydrogen (secondary N) is 1. The highest BCUT2D eigenvalue weighted by molar-refractivity contribution is 6.17. The van der Waals surface area contributed by atoms with Crippen molar-refractivity contribution < 1.29 is 28.6 Å². The number of ketones is 2. The van der Waals surface area contributed by atoms with Crippen molar-refractivity contribution in [2.75, 3.05) is 26.6 Å². The summed E-state index contributed by atoms with van der Waals surface area (Å²) in [5.74, 6) is -0.890. The molecule has 1 fully saturated rings. The Morgan fingerprint density at radius 1 is 0.773 bits per heavy atom. The Kier molecular flexibility index (Phi) is 6.50. The van der Waals surface area contributed by atoms with Gasteiger partial charge in [-0.25, -0.2) is 0 Å². The SMILES string of the molecule is COc1ccc(C(=O)[C@@H]2[C@H](C(=O)c3ccccc3OC)N3C=Cc4ccccc4[C@@H]3[C@@]23C(=O)Nc2ccccc23)cc1OC. The fourth-order valence-corrected chi connectivity index (χ4v) is 7.34. The number of nitrogens with zero attached hydrogens (tertiary/aromatic N) is 1. The number of ether oxygens (including phenoxy) is 3. The standard InChI is InChI=1S/C36H30N2O6/c1-42-27-15-9-6-12-24(27)33(40)31-30(32(39)22-16-17-28(43-2)29(20-22)44-3)36(25-13-7-8-14-26(25)37-35(36)41)34-23-11-5-4-10-21(23)18-19-38(31)34/h4-20,30-31,34H,1-3H3,(H,37,41)/t30-,31+,34+,36-/m0/s1. The highest BCUT2D eigenvalue weighted by Gasteiger charge is 2.70. The van der Waals surface area contributed by atoms with Gasteiger partial charge in [-0.1, -0.05) is 54.6 Å². The van der Waals surface area contributed by atoms with Crippen LogP contribution in [0.3, 0.4) is 0 Å². The van der Waals surface area contributed by atoms with Crippen LogP contribution in [-0.2, 0) is 10.2 Å². The van der Waals surface area contributed by atoms with E-state index in [4.69, 9.17) is 14.2 Å². The van der Waals surface area contributed by atoms with Crippen LogP contribution < -0.4 is 19.5 Å². The number of hydrogen-bond acceptors (Lipinski definition) is 7. The molecule has 1 saturated heterocycles. The van der Waals surface area contributed by atoms with E-state index in [1.54, 1.807) is 42.5 Å². The Bertz CT molecular complexity index is 1870. The lowest BCUT2D eigenvalue weighted by Crippen LogP contribution is -2.49. The first kappa shape index (κ1) is 27.5. The second-order valence-corrected chi connectivity index (χ2v) is 11.1. The topological polar surface area (TPSA) is 94.2 Å². The zero-order valence-corrected chi connectivity index (χ0v) is 24.4. The van der Waals surface area contributed by atoms with Crippen LogP contribution in [0.15, 0.2) is 97.2 Å². The molecule has 4 aromatic carbocycles. The van der Waals surface area contributed by atoms with Crippen LogP contribution in [0.2, 0.25) is 0 Å². The average molecular weight is 587 g/mol. The minimum absolute atomic E-state index is 0.305. The molecule has 4 atom stereocenters. The molecular weight excluding hydrogens is 556 g/mol. The number of carbonyl (C=O) groups excluding carboxylic acids is 3. The van der Waals surface area contributed by atoms with Gasteiger partial charge in [-0.2, -0.15) is 0 Å². The van der Waals surface area contributed by atoms with Gasteiger partial charge < -0.3 is 24.4 Å². The number of fused-ring (bicyclic) bond motifs is 6. The van der Waals surface area contributed by atoms with Crippen molar-refractivity contribution in [1.82, 2.24) is 4.90 Å². The van der Waals surface area contributed by atoms with Crippen molar-refractivity contribution in [3.63, 3.8) is 0 Å². The Labute approximate surface area is 254 Å². The van der Waals surface area contributed by atoms with E-state index >= 15 is 4.79 Å². The van der Waals surface area contributed by atoms with Crippen molar-refractivity contribution in [3.8, 4) is 17.2 Å². The number of rotatable bonds is 7. The van der Waals surface area contributed by atoms with Crippen molar-refractivity contribution in [2.45, 2.75) is 17.5 Å². The quantitative estimate of drug-likeness (QED) is 0.278. The minimum atomic E-state index is -1.44. The lowest BCUT2D eigenvalue weighted by molar-refractivity contribution is -0.122. The monoisotopic (exact) mass is 586 g/mol. The summed E-state index contributed by atoms with van der Waals surface area (Å²) in [5.41, 5.74) is 2.29. The third-order valence-corrected chi connectivity index (χ3v) is 9.16. The molecule has 8 nitrogen and oxygen atoms in total. The van der Waals surface area contributed by atoms with Crippen LogP contribution in [0.1, 0.15) is 43.4 Å². The number of hydrogen-bond donors (Lipinski definition) is 1. The van der Waals surface area contributed by atoms with E-state index in [1.165, 1.54) is 21.3 Å². The molecule has 3 aliphatic heterocycles. The first-order valence-electron chi connectivity index (χ1n) is 14.3. The van der Waals surface area contributed by atoms with E-state index in [0.717, 1.165) is 11.1 Å². The molecule has 0 radical (unpaired) electrons. The van der Waals surface area contributed by atoms with Gasteiger partial charge in [0.2, 0.25) is 5.91 Å². The normalized spacial score (nSPS) is 22.6. The summed E-state index contributed by atoms with van der Waals surface area (Å²) >= 11 is 0. The molecule has 0 aromatic heterocycles. The van der Waals surface area contributed by atoms with Crippen molar-refractivity contribution in [2.24, 2.45) is 5.92 Å². The molecule has 3 heterocycles. The Hall–Kier alpha value is -5.37. The third-order valence-electron chi connectivity index (χ3n) is 9.16. The zero-order chi connectivity index (χ0) is 30.6. The second-order valence-electron chi connectivity index (χ2n) is 11.1. The van der Waals surface area contributed by atoms with Crippen LogP contribution in [-0.4, -0.2) is 49.7 Å². The number of carbonyl (C=O) groups is 3. The Balaban J connectivity index is 1.53. The van der Waals surface area contributed by atoms with Gasteiger partial charge in [0, 0.05) is 17.5 Å². The van der Waals surface area contributed by atoms with Crippen molar-refractivity contribution in [1.29, 1.82) is 0 Å². The number of methoxy groups -OCH3 is 3. The lowest BCUT2D eigenvalue weighted by Gasteiger charge is -2.38. The van der Waals surface area contributed by atoms with Gasteiger partial charge in [-0.05, 0) is 59.2 Å². The summed E-state index contributed by atoms with van der Waals surface area (Å²) in [6, 6.07) is 25.5. The van der Waals surface area contributed by atoms with Gasteiger partial charge in [-0.15, -0.1) is 0 Å². The van der Waals surface area contributed by atoms with E-state index < -0.39 is 23.4 Å². The summed E-state index contributed by atoms with van der Waals surface area (Å²) in [6.07, 6.45) is 3.78. The van der Waals surface area contributed by atoms with Crippen LogP contribution in [0.4, 0.5) is 5.69 Å². The van der Waals surface area contributed by atoms with Gasteiger partial charge in [0.25, 0.3) is 0 Å². The van der Waals surface area contributed by atoms with E-state index in [9.17, 15) is 9.59 Å².